The Labute approximate surface area is 116 Å². The van der Waals surface area contributed by atoms with Crippen molar-refractivity contribution in [3.63, 3.8) is 0 Å². The number of hydrazone groups is 1. The van der Waals surface area contributed by atoms with Gasteiger partial charge in [-0.1, -0.05) is 19.9 Å². The van der Waals surface area contributed by atoms with Crippen LogP contribution in [0, 0.1) is 0 Å². The Bertz CT molecular complexity index is 402. The van der Waals surface area contributed by atoms with Gasteiger partial charge in [-0.2, -0.15) is 5.10 Å². The highest BCUT2D eigenvalue weighted by Crippen LogP contribution is 2.10. The lowest BCUT2D eigenvalue weighted by Crippen LogP contribution is -2.28. The lowest BCUT2D eigenvalue weighted by atomic mass is 10.3. The van der Waals surface area contributed by atoms with Crippen molar-refractivity contribution >= 4 is 40.3 Å². The van der Waals surface area contributed by atoms with Gasteiger partial charge in [-0.3, -0.25) is 5.43 Å². The van der Waals surface area contributed by atoms with Crippen molar-refractivity contribution in [1.29, 1.82) is 0 Å². The Morgan fingerprint density at radius 1 is 1.61 bits per heavy atom. The molecule has 5 nitrogen and oxygen atoms in total. The fourth-order valence-corrected chi connectivity index (χ4v) is 1.67. The predicted octanol–water partition coefficient (Wildman–Crippen LogP) is 1.87. The SMILES string of the molecule is CC.CCOC(=O)/C(=N\NC(N)=S)c1cccs1. The number of carbonyl (C=O) groups excluding carboxylic acids is 1. The molecular formula is C11H17N3O2S2. The Kier molecular flexibility index (Phi) is 8.77. The number of nitrogens with two attached hydrogens (primary N) is 1. The summed E-state index contributed by atoms with van der Waals surface area (Å²) in [5.41, 5.74) is 7.78. The molecular weight excluding hydrogens is 270 g/mol. The van der Waals surface area contributed by atoms with E-state index in [1.54, 1.807) is 13.0 Å². The van der Waals surface area contributed by atoms with Crippen LogP contribution in [0.1, 0.15) is 25.6 Å². The minimum atomic E-state index is -0.506. The van der Waals surface area contributed by atoms with Crippen LogP contribution in [0.15, 0.2) is 22.6 Å². The molecule has 0 spiro atoms. The quantitative estimate of drug-likeness (QED) is 0.383. The smallest absolute Gasteiger partial charge is 0.360 e. The van der Waals surface area contributed by atoms with Crippen LogP contribution < -0.4 is 11.2 Å². The molecule has 1 heterocycles. The zero-order valence-corrected chi connectivity index (χ0v) is 12.2. The molecule has 0 atom stereocenters. The molecule has 0 bridgehead atoms. The molecule has 0 amide bonds. The monoisotopic (exact) mass is 287 g/mol. The van der Waals surface area contributed by atoms with Gasteiger partial charge in [0.05, 0.1) is 11.5 Å². The van der Waals surface area contributed by atoms with Crippen LogP contribution in [-0.2, 0) is 9.53 Å². The fraction of sp³-hybridized carbons (Fsp3) is 0.364. The third-order valence-electron chi connectivity index (χ3n) is 1.50. The van der Waals surface area contributed by atoms with Gasteiger partial charge in [0.2, 0.25) is 0 Å². The predicted molar refractivity (Wildman–Crippen MR) is 78.8 cm³/mol. The molecule has 0 aromatic carbocycles. The van der Waals surface area contributed by atoms with Gasteiger partial charge in [0.25, 0.3) is 0 Å². The summed E-state index contributed by atoms with van der Waals surface area (Å²) in [6, 6.07) is 3.58. The van der Waals surface area contributed by atoms with E-state index in [2.05, 4.69) is 22.7 Å². The highest BCUT2D eigenvalue weighted by atomic mass is 32.1. The summed E-state index contributed by atoms with van der Waals surface area (Å²) in [5, 5.41) is 5.66. The minimum Gasteiger partial charge on any atom is -0.461 e. The molecule has 3 N–H and O–H groups in total. The highest BCUT2D eigenvalue weighted by molar-refractivity contribution is 7.80. The van der Waals surface area contributed by atoms with E-state index in [0.29, 0.717) is 4.88 Å². The average Bonchev–Trinajstić information content (AvgIpc) is 2.85. The molecule has 0 unspecified atom stereocenters. The first-order valence-corrected chi connectivity index (χ1v) is 6.78. The van der Waals surface area contributed by atoms with Crippen LogP contribution in [0.2, 0.25) is 0 Å². The standard InChI is InChI=1S/C9H11N3O2S2.C2H6/c1-2-14-8(13)7(11-12-9(10)15)6-4-3-5-16-6;1-2/h3-5H,2H2,1H3,(H3,10,12,15);1-2H3/b11-7-;. The maximum Gasteiger partial charge on any atom is 0.360 e. The summed E-state index contributed by atoms with van der Waals surface area (Å²) in [6.07, 6.45) is 0. The lowest BCUT2D eigenvalue weighted by molar-refractivity contribution is -0.134. The fourth-order valence-electron chi connectivity index (χ4n) is 0.925. The molecule has 0 saturated heterocycles. The Morgan fingerprint density at radius 2 is 2.28 bits per heavy atom. The third-order valence-corrected chi connectivity index (χ3v) is 2.47. The largest absolute Gasteiger partial charge is 0.461 e. The van der Waals surface area contributed by atoms with Crippen molar-refractivity contribution in [3.8, 4) is 0 Å². The number of thiophene rings is 1. The van der Waals surface area contributed by atoms with E-state index < -0.39 is 5.97 Å². The summed E-state index contributed by atoms with van der Waals surface area (Å²) in [7, 11) is 0. The van der Waals surface area contributed by atoms with E-state index >= 15 is 0 Å². The van der Waals surface area contributed by atoms with Crippen molar-refractivity contribution in [2.75, 3.05) is 6.61 Å². The van der Waals surface area contributed by atoms with E-state index in [-0.39, 0.29) is 17.4 Å². The lowest BCUT2D eigenvalue weighted by Gasteiger charge is -2.04. The number of hydrogen-bond acceptors (Lipinski definition) is 5. The first-order chi connectivity index (χ1) is 8.65. The van der Waals surface area contributed by atoms with Crippen LogP contribution in [0.5, 0.6) is 0 Å². The number of nitrogens with one attached hydrogen (secondary N) is 1. The van der Waals surface area contributed by atoms with Gasteiger partial charge in [-0.05, 0) is 30.6 Å². The highest BCUT2D eigenvalue weighted by Gasteiger charge is 2.16. The Morgan fingerprint density at radius 3 is 2.72 bits per heavy atom. The number of esters is 1. The Balaban J connectivity index is 0.00000137. The van der Waals surface area contributed by atoms with E-state index in [0.717, 1.165) is 0 Å². The molecule has 0 aliphatic rings. The van der Waals surface area contributed by atoms with E-state index in [1.807, 2.05) is 25.3 Å². The number of carbonyl (C=O) groups is 1. The van der Waals surface area contributed by atoms with Gasteiger partial charge in [0, 0.05) is 0 Å². The van der Waals surface area contributed by atoms with Gasteiger partial charge in [0.15, 0.2) is 10.8 Å². The molecule has 1 aromatic rings. The van der Waals surface area contributed by atoms with E-state index in [4.69, 9.17) is 10.5 Å². The van der Waals surface area contributed by atoms with Crippen molar-refractivity contribution in [1.82, 2.24) is 5.43 Å². The van der Waals surface area contributed by atoms with E-state index in [9.17, 15) is 4.79 Å². The molecule has 100 valence electrons. The number of hydrogen-bond donors (Lipinski definition) is 2. The minimum absolute atomic E-state index is 0.00152. The molecule has 0 aliphatic heterocycles. The van der Waals surface area contributed by atoms with Crippen molar-refractivity contribution in [3.05, 3.63) is 22.4 Å². The topological polar surface area (TPSA) is 76.7 Å². The summed E-state index contributed by atoms with van der Waals surface area (Å²) in [4.78, 5) is 12.3. The van der Waals surface area contributed by atoms with Gasteiger partial charge < -0.3 is 10.5 Å². The summed E-state index contributed by atoms with van der Waals surface area (Å²) < 4.78 is 4.87. The van der Waals surface area contributed by atoms with Crippen molar-refractivity contribution < 1.29 is 9.53 Å². The zero-order chi connectivity index (χ0) is 14.0. The first-order valence-electron chi connectivity index (χ1n) is 5.49. The maximum atomic E-state index is 11.6. The number of thiocarbonyl (C=S) groups is 1. The molecule has 1 rings (SSSR count). The van der Waals surface area contributed by atoms with Crippen LogP contribution in [0.3, 0.4) is 0 Å². The zero-order valence-electron chi connectivity index (χ0n) is 10.6. The molecule has 7 heteroatoms. The van der Waals surface area contributed by atoms with Gasteiger partial charge in [-0.25, -0.2) is 4.79 Å². The van der Waals surface area contributed by atoms with Crippen LogP contribution in [0.4, 0.5) is 0 Å². The molecule has 0 radical (unpaired) electrons. The van der Waals surface area contributed by atoms with Gasteiger partial charge in [0.1, 0.15) is 0 Å². The second kappa shape index (κ2) is 9.55. The maximum absolute atomic E-state index is 11.6. The molecule has 0 fully saturated rings. The third kappa shape index (κ3) is 5.74. The first kappa shape index (κ1) is 16.5. The number of rotatable bonds is 4. The molecule has 18 heavy (non-hydrogen) atoms. The Hall–Kier alpha value is -1.47. The van der Waals surface area contributed by atoms with Crippen molar-refractivity contribution in [2.24, 2.45) is 10.8 Å². The van der Waals surface area contributed by atoms with Gasteiger partial charge >= 0.3 is 5.97 Å². The van der Waals surface area contributed by atoms with Crippen LogP contribution >= 0.6 is 23.6 Å². The second-order valence-electron chi connectivity index (χ2n) is 2.63. The summed E-state index contributed by atoms with van der Waals surface area (Å²) in [6.45, 7) is 6.02. The number of nitrogens with zero attached hydrogens (tertiary/aromatic N) is 1. The average molecular weight is 287 g/mol. The van der Waals surface area contributed by atoms with Gasteiger partial charge in [-0.15, -0.1) is 11.3 Å². The molecule has 0 aliphatic carbocycles. The normalized spacial score (nSPS) is 10.1. The van der Waals surface area contributed by atoms with Crippen LogP contribution in [-0.4, -0.2) is 23.4 Å². The summed E-state index contributed by atoms with van der Waals surface area (Å²) in [5.74, 6) is -0.506. The van der Waals surface area contributed by atoms with Crippen LogP contribution in [0.25, 0.3) is 0 Å². The molecule has 0 saturated carbocycles. The van der Waals surface area contributed by atoms with Crippen molar-refractivity contribution in [2.45, 2.75) is 20.8 Å². The number of ether oxygens (including phenoxy) is 1. The second-order valence-corrected chi connectivity index (χ2v) is 4.02. The summed E-state index contributed by atoms with van der Waals surface area (Å²) >= 11 is 5.99. The van der Waals surface area contributed by atoms with E-state index in [1.165, 1.54) is 11.3 Å². The molecule has 1 aromatic heterocycles.